The van der Waals surface area contributed by atoms with Gasteiger partial charge in [0.15, 0.2) is 0 Å². The summed E-state index contributed by atoms with van der Waals surface area (Å²) in [5.74, 6) is -1.25. The molecule has 9 heteroatoms. The number of aromatic nitrogens is 1. The van der Waals surface area contributed by atoms with Gasteiger partial charge in [0.05, 0.1) is 31.8 Å². The highest BCUT2D eigenvalue weighted by molar-refractivity contribution is 6.31. The number of carbonyl (C=O) groups is 1. The lowest BCUT2D eigenvalue weighted by Gasteiger charge is -2.30. The van der Waals surface area contributed by atoms with E-state index in [4.69, 9.17) is 31.5 Å². The molecule has 1 aromatic carbocycles. The Morgan fingerprint density at radius 1 is 1.25 bits per heavy atom. The van der Waals surface area contributed by atoms with Crippen LogP contribution in [-0.4, -0.2) is 55.4 Å². The topological polar surface area (TPSA) is 96.0 Å². The Hall–Kier alpha value is -2.81. The fourth-order valence-corrected chi connectivity index (χ4v) is 4.50. The molecule has 0 aliphatic carbocycles. The Bertz CT molecular complexity index is 1120. The fraction of sp³-hybridized carbons (Fsp3) is 0.391. The van der Waals surface area contributed by atoms with Crippen molar-refractivity contribution >= 4 is 17.6 Å². The van der Waals surface area contributed by atoms with Gasteiger partial charge in [0.2, 0.25) is 5.88 Å². The number of hydrogen-bond donors (Lipinski definition) is 1. The number of rotatable bonds is 5. The summed E-state index contributed by atoms with van der Waals surface area (Å²) < 4.78 is 17.8. The van der Waals surface area contributed by atoms with Crippen molar-refractivity contribution in [2.45, 2.75) is 19.4 Å². The first kappa shape index (κ1) is 22.4. The SMILES string of the molecule is COC(=O)C1=C(N)Oc2cc(C)n(CCN3CCOCC3)c(=O)c2C1c1ccccc1Cl. The molecule has 1 saturated heterocycles. The first-order valence-corrected chi connectivity index (χ1v) is 10.8. The minimum absolute atomic E-state index is 0.0637. The van der Waals surface area contributed by atoms with Gasteiger partial charge >= 0.3 is 5.97 Å². The Morgan fingerprint density at radius 2 is 1.97 bits per heavy atom. The molecule has 2 aromatic rings. The number of benzene rings is 1. The summed E-state index contributed by atoms with van der Waals surface area (Å²) >= 11 is 6.49. The molecule has 0 saturated carbocycles. The number of hydrogen-bond acceptors (Lipinski definition) is 7. The number of carbonyl (C=O) groups excluding carboxylic acids is 1. The number of methoxy groups -OCH3 is 1. The molecule has 1 atom stereocenters. The molecule has 2 N–H and O–H groups in total. The van der Waals surface area contributed by atoms with Crippen LogP contribution in [-0.2, 0) is 20.8 Å². The summed E-state index contributed by atoms with van der Waals surface area (Å²) in [5.41, 5.74) is 7.60. The van der Waals surface area contributed by atoms with Crippen LogP contribution in [0.15, 0.2) is 46.6 Å². The maximum Gasteiger partial charge on any atom is 0.340 e. The van der Waals surface area contributed by atoms with Crippen LogP contribution in [0.3, 0.4) is 0 Å². The van der Waals surface area contributed by atoms with Crippen molar-refractivity contribution in [1.29, 1.82) is 0 Å². The lowest BCUT2D eigenvalue weighted by molar-refractivity contribution is -0.136. The van der Waals surface area contributed by atoms with Crippen LogP contribution in [0.5, 0.6) is 5.75 Å². The van der Waals surface area contributed by atoms with Crippen molar-refractivity contribution in [3.05, 3.63) is 74.0 Å². The normalized spacial score (nSPS) is 18.8. The van der Waals surface area contributed by atoms with Crippen LogP contribution in [0.2, 0.25) is 5.02 Å². The third-order valence-electron chi connectivity index (χ3n) is 5.93. The fourth-order valence-electron chi connectivity index (χ4n) is 4.26. The summed E-state index contributed by atoms with van der Waals surface area (Å²) in [6, 6.07) is 8.85. The second-order valence-corrected chi connectivity index (χ2v) is 8.21. The predicted molar refractivity (Wildman–Crippen MR) is 120 cm³/mol. The minimum atomic E-state index is -0.803. The van der Waals surface area contributed by atoms with Gasteiger partial charge in [0, 0.05) is 43.0 Å². The number of ether oxygens (including phenoxy) is 3. The van der Waals surface area contributed by atoms with E-state index in [1.54, 1.807) is 34.9 Å². The number of pyridine rings is 1. The molecule has 0 bridgehead atoms. The Kier molecular flexibility index (Phi) is 6.55. The summed E-state index contributed by atoms with van der Waals surface area (Å²) in [4.78, 5) is 28.7. The molecular weight excluding hydrogens is 434 g/mol. The molecule has 170 valence electrons. The van der Waals surface area contributed by atoms with Crippen LogP contribution >= 0.6 is 11.6 Å². The second-order valence-electron chi connectivity index (χ2n) is 7.80. The first-order chi connectivity index (χ1) is 15.4. The molecule has 4 rings (SSSR count). The van der Waals surface area contributed by atoms with Gasteiger partial charge in [-0.2, -0.15) is 0 Å². The van der Waals surface area contributed by atoms with Crippen LogP contribution in [0.1, 0.15) is 22.7 Å². The number of aryl methyl sites for hydroxylation is 1. The van der Waals surface area contributed by atoms with Crippen LogP contribution < -0.4 is 16.0 Å². The molecule has 2 aliphatic rings. The average Bonchev–Trinajstić information content (AvgIpc) is 2.78. The number of fused-ring (bicyclic) bond motifs is 1. The zero-order valence-corrected chi connectivity index (χ0v) is 18.9. The van der Waals surface area contributed by atoms with Gasteiger partial charge in [-0.3, -0.25) is 9.69 Å². The van der Waals surface area contributed by atoms with Gasteiger partial charge in [-0.05, 0) is 18.6 Å². The zero-order valence-electron chi connectivity index (χ0n) is 18.1. The lowest BCUT2D eigenvalue weighted by Crippen LogP contribution is -2.40. The van der Waals surface area contributed by atoms with Crippen molar-refractivity contribution in [2.24, 2.45) is 5.73 Å². The second kappa shape index (κ2) is 9.36. The molecule has 1 fully saturated rings. The van der Waals surface area contributed by atoms with E-state index in [1.807, 2.05) is 6.92 Å². The zero-order chi connectivity index (χ0) is 22.8. The third-order valence-corrected chi connectivity index (χ3v) is 6.28. The van der Waals surface area contributed by atoms with Gasteiger partial charge in [0.25, 0.3) is 5.56 Å². The smallest absolute Gasteiger partial charge is 0.340 e. The van der Waals surface area contributed by atoms with Crippen LogP contribution in [0.25, 0.3) is 0 Å². The molecule has 8 nitrogen and oxygen atoms in total. The van der Waals surface area contributed by atoms with Crippen molar-refractivity contribution in [1.82, 2.24) is 9.47 Å². The Morgan fingerprint density at radius 3 is 2.66 bits per heavy atom. The van der Waals surface area contributed by atoms with E-state index < -0.39 is 11.9 Å². The van der Waals surface area contributed by atoms with Crippen molar-refractivity contribution in [2.75, 3.05) is 40.0 Å². The Labute approximate surface area is 191 Å². The Balaban J connectivity index is 1.83. The van der Waals surface area contributed by atoms with E-state index in [2.05, 4.69) is 4.90 Å². The molecular formula is C23H26ClN3O5. The number of halogens is 1. The highest BCUT2D eigenvalue weighted by Gasteiger charge is 2.39. The molecule has 2 aliphatic heterocycles. The van der Waals surface area contributed by atoms with Gasteiger partial charge in [-0.25, -0.2) is 4.79 Å². The van der Waals surface area contributed by atoms with E-state index in [-0.39, 0.29) is 17.0 Å². The number of esters is 1. The first-order valence-electron chi connectivity index (χ1n) is 10.5. The number of nitrogens with two attached hydrogens (primary N) is 1. The maximum atomic E-state index is 13.7. The van der Waals surface area contributed by atoms with Crippen molar-refractivity contribution < 1.29 is 19.0 Å². The van der Waals surface area contributed by atoms with Gasteiger partial charge in [-0.15, -0.1) is 0 Å². The molecule has 32 heavy (non-hydrogen) atoms. The van der Waals surface area contributed by atoms with Gasteiger partial charge in [-0.1, -0.05) is 29.8 Å². The summed E-state index contributed by atoms with van der Waals surface area (Å²) in [7, 11) is 1.26. The number of nitrogens with zero attached hydrogens (tertiary/aromatic N) is 2. The van der Waals surface area contributed by atoms with E-state index >= 15 is 0 Å². The monoisotopic (exact) mass is 459 g/mol. The number of morpholine rings is 1. The largest absolute Gasteiger partial charge is 0.465 e. The summed E-state index contributed by atoms with van der Waals surface area (Å²) in [6.07, 6.45) is 0. The molecule has 0 amide bonds. The highest BCUT2D eigenvalue weighted by atomic mass is 35.5. The minimum Gasteiger partial charge on any atom is -0.465 e. The molecule has 1 aromatic heterocycles. The quantitative estimate of drug-likeness (QED) is 0.683. The standard InChI is InChI=1S/C23H26ClN3O5/c1-14-13-17-19(22(28)27(14)8-7-26-9-11-31-12-10-26)18(15-5-3-4-6-16(15)24)20(21(25)32-17)23(29)30-2/h3-6,13,18H,7-12,25H2,1-2H3. The molecule has 0 radical (unpaired) electrons. The molecule has 1 unspecified atom stereocenters. The van der Waals surface area contributed by atoms with Crippen molar-refractivity contribution in [3.8, 4) is 5.75 Å². The molecule has 0 spiro atoms. The predicted octanol–water partition coefficient (Wildman–Crippen LogP) is 2.01. The van der Waals surface area contributed by atoms with Crippen LogP contribution in [0.4, 0.5) is 0 Å². The van der Waals surface area contributed by atoms with E-state index in [9.17, 15) is 9.59 Å². The van der Waals surface area contributed by atoms with Crippen molar-refractivity contribution in [3.63, 3.8) is 0 Å². The van der Waals surface area contributed by atoms with E-state index in [1.165, 1.54) is 7.11 Å². The van der Waals surface area contributed by atoms with E-state index in [0.717, 1.165) is 18.8 Å². The maximum absolute atomic E-state index is 13.7. The van der Waals surface area contributed by atoms with Gasteiger partial charge < -0.3 is 24.5 Å². The molecule has 3 heterocycles. The average molecular weight is 460 g/mol. The van der Waals surface area contributed by atoms with Gasteiger partial charge in [0.1, 0.15) is 11.3 Å². The van der Waals surface area contributed by atoms with E-state index in [0.29, 0.717) is 48.2 Å². The highest BCUT2D eigenvalue weighted by Crippen LogP contribution is 2.43. The third kappa shape index (κ3) is 4.13. The lowest BCUT2D eigenvalue weighted by atomic mass is 9.83. The summed E-state index contributed by atoms with van der Waals surface area (Å²) in [6.45, 7) is 6.10. The van der Waals surface area contributed by atoms with Crippen LogP contribution in [0, 0.1) is 6.92 Å². The summed E-state index contributed by atoms with van der Waals surface area (Å²) in [5, 5.41) is 0.416.